The van der Waals surface area contributed by atoms with E-state index in [9.17, 15) is 9.50 Å². The summed E-state index contributed by atoms with van der Waals surface area (Å²) in [4.78, 5) is 0. The highest BCUT2D eigenvalue weighted by Crippen LogP contribution is 2.31. The van der Waals surface area contributed by atoms with Gasteiger partial charge in [0.1, 0.15) is 11.9 Å². The highest BCUT2D eigenvalue weighted by Gasteiger charge is 2.19. The van der Waals surface area contributed by atoms with Crippen molar-refractivity contribution in [3.05, 3.63) is 57.2 Å². The number of rotatable bonds is 2. The topological polar surface area (TPSA) is 33.4 Å². The Bertz CT molecular complexity index is 512. The highest BCUT2D eigenvalue weighted by atomic mass is 79.9. The Morgan fingerprint density at radius 1 is 1.31 bits per heavy atom. The Morgan fingerprint density at radius 3 is 2.62 bits per heavy atom. The molecule has 2 rings (SSSR count). The van der Waals surface area contributed by atoms with Gasteiger partial charge in [-0.25, -0.2) is 4.39 Å². The maximum Gasteiger partial charge on any atom is 0.175 e. The van der Waals surface area contributed by atoms with Gasteiger partial charge in [0.15, 0.2) is 4.67 Å². The van der Waals surface area contributed by atoms with Crippen molar-refractivity contribution < 1.29 is 13.9 Å². The first kappa shape index (κ1) is 11.6. The van der Waals surface area contributed by atoms with E-state index in [0.717, 1.165) is 6.07 Å². The fraction of sp³-hybridized carbons (Fsp3) is 0.0909. The minimum absolute atomic E-state index is 0.159. The molecule has 2 aromatic rings. The fourth-order valence-corrected chi connectivity index (χ4v) is 2.01. The lowest BCUT2D eigenvalue weighted by Crippen LogP contribution is -2.01. The first-order chi connectivity index (χ1) is 7.59. The number of hydrogen-bond donors (Lipinski definition) is 1. The smallest absolute Gasteiger partial charge is 0.175 e. The van der Waals surface area contributed by atoms with Crippen LogP contribution in [0, 0.1) is 5.82 Å². The Kier molecular flexibility index (Phi) is 3.33. The number of aliphatic hydroxyl groups excluding tert-OH is 1. The molecule has 1 heterocycles. The van der Waals surface area contributed by atoms with Gasteiger partial charge >= 0.3 is 0 Å². The molecule has 1 atom stereocenters. The van der Waals surface area contributed by atoms with Gasteiger partial charge in [0.05, 0.1) is 6.26 Å². The van der Waals surface area contributed by atoms with Crippen molar-refractivity contribution in [1.29, 1.82) is 0 Å². The summed E-state index contributed by atoms with van der Waals surface area (Å²) in [6, 6.07) is 5.70. The van der Waals surface area contributed by atoms with Crippen molar-refractivity contribution in [2.24, 2.45) is 0 Å². The van der Waals surface area contributed by atoms with Crippen LogP contribution in [0.25, 0.3) is 0 Å². The monoisotopic (exact) mass is 304 g/mol. The average Bonchev–Trinajstić information content (AvgIpc) is 2.63. The SMILES string of the molecule is OC(c1ccc(Cl)cc1F)c1ccoc1Br. The predicted octanol–water partition coefficient (Wildman–Crippen LogP) is 3.92. The van der Waals surface area contributed by atoms with Crippen LogP contribution >= 0.6 is 27.5 Å². The summed E-state index contributed by atoms with van der Waals surface area (Å²) in [7, 11) is 0. The molecule has 0 aliphatic carbocycles. The highest BCUT2D eigenvalue weighted by molar-refractivity contribution is 9.10. The van der Waals surface area contributed by atoms with Gasteiger partial charge in [-0.3, -0.25) is 0 Å². The molecule has 0 spiro atoms. The van der Waals surface area contributed by atoms with Crippen LogP contribution in [0.1, 0.15) is 17.2 Å². The summed E-state index contributed by atoms with van der Waals surface area (Å²) < 4.78 is 18.9. The Balaban J connectivity index is 2.41. The molecule has 0 amide bonds. The quantitative estimate of drug-likeness (QED) is 0.912. The van der Waals surface area contributed by atoms with Crippen molar-refractivity contribution in [3.8, 4) is 0 Å². The summed E-state index contributed by atoms with van der Waals surface area (Å²) in [6.07, 6.45) is 0.335. The van der Waals surface area contributed by atoms with E-state index >= 15 is 0 Å². The van der Waals surface area contributed by atoms with Gasteiger partial charge in [0, 0.05) is 16.1 Å². The van der Waals surface area contributed by atoms with Crippen LogP contribution in [-0.2, 0) is 0 Å². The van der Waals surface area contributed by atoms with Crippen LogP contribution in [0.15, 0.2) is 39.6 Å². The molecule has 1 aromatic carbocycles. The van der Waals surface area contributed by atoms with E-state index in [-0.39, 0.29) is 5.56 Å². The molecule has 1 N–H and O–H groups in total. The second kappa shape index (κ2) is 4.57. The second-order valence-corrected chi connectivity index (χ2v) is 4.37. The molecule has 0 saturated carbocycles. The Hall–Kier alpha value is -0.840. The normalized spacial score (nSPS) is 12.8. The Morgan fingerprint density at radius 2 is 2.06 bits per heavy atom. The number of aliphatic hydroxyl groups is 1. The summed E-state index contributed by atoms with van der Waals surface area (Å²) in [5.41, 5.74) is 0.632. The maximum absolute atomic E-state index is 13.5. The zero-order valence-corrected chi connectivity index (χ0v) is 10.3. The third kappa shape index (κ3) is 2.14. The summed E-state index contributed by atoms with van der Waals surface area (Å²) in [5.74, 6) is -0.548. The zero-order valence-electron chi connectivity index (χ0n) is 7.95. The predicted molar refractivity (Wildman–Crippen MR) is 61.9 cm³/mol. The molecule has 0 radical (unpaired) electrons. The molecule has 1 aromatic heterocycles. The average molecular weight is 306 g/mol. The van der Waals surface area contributed by atoms with Gasteiger partial charge in [-0.15, -0.1) is 0 Å². The molecule has 0 fully saturated rings. The summed E-state index contributed by atoms with van der Waals surface area (Å²) >= 11 is 8.76. The van der Waals surface area contributed by atoms with E-state index in [4.69, 9.17) is 16.0 Å². The van der Waals surface area contributed by atoms with Crippen LogP contribution in [0.4, 0.5) is 4.39 Å². The van der Waals surface area contributed by atoms with Crippen molar-refractivity contribution in [2.45, 2.75) is 6.10 Å². The lowest BCUT2D eigenvalue weighted by molar-refractivity contribution is 0.212. The molecule has 84 valence electrons. The third-order valence-electron chi connectivity index (χ3n) is 2.20. The molecule has 16 heavy (non-hydrogen) atoms. The number of halogens is 3. The van der Waals surface area contributed by atoms with Crippen LogP contribution in [0.2, 0.25) is 5.02 Å². The standard InChI is InChI=1S/C11H7BrClFO2/c12-11-8(3-4-16-11)10(15)7-2-1-6(13)5-9(7)14/h1-5,10,15H. The number of benzene rings is 1. The van der Waals surface area contributed by atoms with Crippen LogP contribution in [0.5, 0.6) is 0 Å². The van der Waals surface area contributed by atoms with Crippen molar-refractivity contribution >= 4 is 27.5 Å². The molecule has 0 aliphatic rings. The first-order valence-corrected chi connectivity index (χ1v) is 5.62. The van der Waals surface area contributed by atoms with E-state index < -0.39 is 11.9 Å². The van der Waals surface area contributed by atoms with Gasteiger partial charge in [-0.2, -0.15) is 0 Å². The number of furan rings is 1. The van der Waals surface area contributed by atoms with Gasteiger partial charge in [0.25, 0.3) is 0 Å². The molecule has 0 aliphatic heterocycles. The van der Waals surface area contributed by atoms with E-state index in [1.165, 1.54) is 18.4 Å². The lowest BCUT2D eigenvalue weighted by Gasteiger charge is -2.10. The molecule has 5 heteroatoms. The zero-order chi connectivity index (χ0) is 11.7. The first-order valence-electron chi connectivity index (χ1n) is 4.45. The van der Waals surface area contributed by atoms with Gasteiger partial charge in [-0.1, -0.05) is 17.7 Å². The van der Waals surface area contributed by atoms with E-state index in [2.05, 4.69) is 15.9 Å². The second-order valence-electron chi connectivity index (χ2n) is 3.22. The summed E-state index contributed by atoms with van der Waals surface area (Å²) in [6.45, 7) is 0. The molecule has 1 unspecified atom stereocenters. The largest absolute Gasteiger partial charge is 0.457 e. The minimum Gasteiger partial charge on any atom is -0.457 e. The van der Waals surface area contributed by atoms with Crippen LogP contribution in [0.3, 0.4) is 0 Å². The van der Waals surface area contributed by atoms with Crippen molar-refractivity contribution in [3.63, 3.8) is 0 Å². The van der Waals surface area contributed by atoms with E-state index in [0.29, 0.717) is 15.3 Å². The van der Waals surface area contributed by atoms with Gasteiger partial charge in [0.2, 0.25) is 0 Å². The van der Waals surface area contributed by atoms with Crippen molar-refractivity contribution in [2.75, 3.05) is 0 Å². The van der Waals surface area contributed by atoms with Crippen molar-refractivity contribution in [1.82, 2.24) is 0 Å². The lowest BCUT2D eigenvalue weighted by atomic mass is 10.0. The molecule has 2 nitrogen and oxygen atoms in total. The molecule has 0 saturated heterocycles. The minimum atomic E-state index is -1.08. The molecule has 0 bridgehead atoms. The summed E-state index contributed by atoms with van der Waals surface area (Å²) in [5, 5.41) is 10.3. The number of hydrogen-bond acceptors (Lipinski definition) is 2. The molecular formula is C11H7BrClFO2. The molecular weight excluding hydrogens is 298 g/mol. The van der Waals surface area contributed by atoms with Gasteiger partial charge < -0.3 is 9.52 Å². The van der Waals surface area contributed by atoms with Crippen LogP contribution in [-0.4, -0.2) is 5.11 Å². The fourth-order valence-electron chi connectivity index (χ4n) is 1.39. The maximum atomic E-state index is 13.5. The van der Waals surface area contributed by atoms with Crippen LogP contribution < -0.4 is 0 Å². The third-order valence-corrected chi connectivity index (χ3v) is 3.08. The Labute approximate surface area is 105 Å². The van der Waals surface area contributed by atoms with E-state index in [1.807, 2.05) is 0 Å². The van der Waals surface area contributed by atoms with Gasteiger partial charge in [-0.05, 0) is 34.1 Å². The van der Waals surface area contributed by atoms with E-state index in [1.54, 1.807) is 6.07 Å².